The lowest BCUT2D eigenvalue weighted by Crippen LogP contribution is -2.10. The summed E-state index contributed by atoms with van der Waals surface area (Å²) in [5.74, 6) is 0.843. The second-order valence-corrected chi connectivity index (χ2v) is 4.57. The number of nitrogens with zero attached hydrogens (tertiary/aromatic N) is 2. The number of aromatic nitrogens is 3. The van der Waals surface area contributed by atoms with Crippen molar-refractivity contribution in [3.63, 3.8) is 0 Å². The fourth-order valence-electron chi connectivity index (χ4n) is 1.56. The molecule has 3 N–H and O–H groups in total. The summed E-state index contributed by atoms with van der Waals surface area (Å²) in [5, 5.41) is 7.48. The molecule has 1 atom stereocenters. The third kappa shape index (κ3) is 2.78. The predicted octanol–water partition coefficient (Wildman–Crippen LogP) is 1.61. The van der Waals surface area contributed by atoms with Gasteiger partial charge in [-0.05, 0) is 6.07 Å². The first-order valence-corrected chi connectivity index (χ1v) is 6.08. The van der Waals surface area contributed by atoms with Crippen LogP contribution in [0.25, 0.3) is 0 Å². The minimum Gasteiger partial charge on any atom is -0.496 e. The Bertz CT molecular complexity index is 460. The summed E-state index contributed by atoms with van der Waals surface area (Å²) in [7, 11) is 1.66. The van der Waals surface area contributed by atoms with Crippen LogP contribution in [-0.2, 0) is 0 Å². The molecule has 0 fully saturated rings. The molecule has 0 aliphatic carbocycles. The van der Waals surface area contributed by atoms with Crippen molar-refractivity contribution in [1.29, 1.82) is 0 Å². The highest BCUT2D eigenvalue weighted by Crippen LogP contribution is 2.36. The molecular formula is C11H14N4OS. The zero-order valence-electron chi connectivity index (χ0n) is 9.46. The van der Waals surface area contributed by atoms with Crippen molar-refractivity contribution in [2.24, 2.45) is 5.73 Å². The molecule has 1 aromatic carbocycles. The molecule has 0 spiro atoms. The molecule has 1 aromatic heterocycles. The second-order valence-electron chi connectivity index (χ2n) is 3.37. The normalized spacial score (nSPS) is 12.4. The van der Waals surface area contributed by atoms with Crippen molar-refractivity contribution in [3.05, 3.63) is 36.2 Å². The van der Waals surface area contributed by atoms with Gasteiger partial charge in [-0.3, -0.25) is 5.10 Å². The van der Waals surface area contributed by atoms with Crippen molar-refractivity contribution in [3.8, 4) is 5.75 Å². The Morgan fingerprint density at radius 3 is 2.94 bits per heavy atom. The molecule has 1 heterocycles. The minimum atomic E-state index is 0.0964. The standard InChI is InChI=1S/C11H14N4OS/c1-16-9-5-3-2-4-8(9)10(6-12)17-11-13-7-14-15-11/h2-5,7,10H,6,12H2,1H3,(H,13,14,15). The molecule has 5 nitrogen and oxygen atoms in total. The zero-order chi connectivity index (χ0) is 12.1. The van der Waals surface area contributed by atoms with Gasteiger partial charge in [-0.15, -0.1) is 0 Å². The Labute approximate surface area is 104 Å². The summed E-state index contributed by atoms with van der Waals surface area (Å²) >= 11 is 1.54. The Morgan fingerprint density at radius 1 is 1.47 bits per heavy atom. The first-order valence-electron chi connectivity index (χ1n) is 5.20. The summed E-state index contributed by atoms with van der Waals surface area (Å²) in [4.78, 5) is 4.08. The van der Waals surface area contributed by atoms with E-state index in [-0.39, 0.29) is 5.25 Å². The number of thioether (sulfide) groups is 1. The van der Waals surface area contributed by atoms with E-state index in [4.69, 9.17) is 10.5 Å². The molecular weight excluding hydrogens is 236 g/mol. The quantitative estimate of drug-likeness (QED) is 0.788. The maximum Gasteiger partial charge on any atom is 0.184 e. The summed E-state index contributed by atoms with van der Waals surface area (Å²) in [5.41, 5.74) is 6.87. The van der Waals surface area contributed by atoms with E-state index in [0.29, 0.717) is 6.54 Å². The van der Waals surface area contributed by atoms with Crippen LogP contribution in [0.1, 0.15) is 10.8 Å². The smallest absolute Gasteiger partial charge is 0.184 e. The lowest BCUT2D eigenvalue weighted by atomic mass is 10.1. The fraction of sp³-hybridized carbons (Fsp3) is 0.273. The Hall–Kier alpha value is -1.53. The molecule has 0 saturated carbocycles. The topological polar surface area (TPSA) is 76.8 Å². The molecule has 0 radical (unpaired) electrons. The van der Waals surface area contributed by atoms with Gasteiger partial charge in [0.1, 0.15) is 12.1 Å². The van der Waals surface area contributed by atoms with E-state index in [9.17, 15) is 0 Å². The van der Waals surface area contributed by atoms with Gasteiger partial charge < -0.3 is 10.5 Å². The van der Waals surface area contributed by atoms with Crippen LogP contribution in [-0.4, -0.2) is 28.8 Å². The Kier molecular flexibility index (Phi) is 4.00. The van der Waals surface area contributed by atoms with E-state index in [1.54, 1.807) is 18.9 Å². The number of H-pyrrole nitrogens is 1. The molecule has 0 aliphatic rings. The SMILES string of the molecule is COc1ccccc1C(CN)Sc1ncn[nH]1. The molecule has 1 unspecified atom stereocenters. The van der Waals surface area contributed by atoms with Crippen molar-refractivity contribution >= 4 is 11.8 Å². The number of nitrogens with two attached hydrogens (primary N) is 1. The van der Waals surface area contributed by atoms with Crippen LogP contribution >= 0.6 is 11.8 Å². The van der Waals surface area contributed by atoms with E-state index in [1.807, 2.05) is 24.3 Å². The summed E-state index contributed by atoms with van der Waals surface area (Å²) in [6.45, 7) is 0.506. The van der Waals surface area contributed by atoms with Crippen LogP contribution in [0, 0.1) is 0 Å². The Morgan fingerprint density at radius 2 is 2.29 bits per heavy atom. The van der Waals surface area contributed by atoms with E-state index in [0.717, 1.165) is 16.5 Å². The average Bonchev–Trinajstić information content (AvgIpc) is 2.89. The molecule has 90 valence electrons. The second kappa shape index (κ2) is 5.70. The van der Waals surface area contributed by atoms with E-state index >= 15 is 0 Å². The number of methoxy groups -OCH3 is 1. The van der Waals surface area contributed by atoms with Gasteiger partial charge in [-0.1, -0.05) is 30.0 Å². The third-order valence-corrected chi connectivity index (χ3v) is 3.50. The monoisotopic (exact) mass is 250 g/mol. The highest BCUT2D eigenvalue weighted by molar-refractivity contribution is 7.99. The van der Waals surface area contributed by atoms with Gasteiger partial charge in [0, 0.05) is 12.1 Å². The van der Waals surface area contributed by atoms with Crippen molar-refractivity contribution < 1.29 is 4.74 Å². The predicted molar refractivity (Wildman–Crippen MR) is 67.0 cm³/mol. The van der Waals surface area contributed by atoms with Crippen LogP contribution in [0.5, 0.6) is 5.75 Å². The summed E-state index contributed by atoms with van der Waals surface area (Å²) < 4.78 is 5.33. The molecule has 2 rings (SSSR count). The van der Waals surface area contributed by atoms with Gasteiger partial charge in [0.2, 0.25) is 0 Å². The van der Waals surface area contributed by atoms with Gasteiger partial charge >= 0.3 is 0 Å². The van der Waals surface area contributed by atoms with E-state index in [1.165, 1.54) is 6.33 Å². The largest absolute Gasteiger partial charge is 0.496 e. The molecule has 0 aliphatic heterocycles. The van der Waals surface area contributed by atoms with Gasteiger partial charge in [0.25, 0.3) is 0 Å². The van der Waals surface area contributed by atoms with Gasteiger partial charge in [-0.2, -0.15) is 5.10 Å². The number of nitrogens with one attached hydrogen (secondary N) is 1. The van der Waals surface area contributed by atoms with E-state index in [2.05, 4.69) is 15.2 Å². The third-order valence-electron chi connectivity index (χ3n) is 2.35. The molecule has 0 amide bonds. The lowest BCUT2D eigenvalue weighted by Gasteiger charge is -2.16. The molecule has 0 bridgehead atoms. The van der Waals surface area contributed by atoms with Crippen LogP contribution < -0.4 is 10.5 Å². The maximum absolute atomic E-state index is 5.81. The number of hydrogen-bond acceptors (Lipinski definition) is 5. The van der Waals surface area contributed by atoms with Crippen molar-refractivity contribution in [2.75, 3.05) is 13.7 Å². The lowest BCUT2D eigenvalue weighted by molar-refractivity contribution is 0.409. The number of para-hydroxylation sites is 1. The highest BCUT2D eigenvalue weighted by Gasteiger charge is 2.16. The Balaban J connectivity index is 2.22. The van der Waals surface area contributed by atoms with Crippen molar-refractivity contribution in [2.45, 2.75) is 10.4 Å². The van der Waals surface area contributed by atoms with Gasteiger partial charge in [-0.25, -0.2) is 4.98 Å². The van der Waals surface area contributed by atoms with Crippen LogP contribution in [0.4, 0.5) is 0 Å². The van der Waals surface area contributed by atoms with Gasteiger partial charge in [0.15, 0.2) is 5.16 Å². The molecule has 0 saturated heterocycles. The first kappa shape index (κ1) is 11.9. The maximum atomic E-state index is 5.81. The number of benzene rings is 1. The minimum absolute atomic E-state index is 0.0964. The number of hydrogen-bond donors (Lipinski definition) is 2. The van der Waals surface area contributed by atoms with Crippen LogP contribution in [0.3, 0.4) is 0 Å². The number of ether oxygens (including phenoxy) is 1. The zero-order valence-corrected chi connectivity index (χ0v) is 10.3. The van der Waals surface area contributed by atoms with Gasteiger partial charge in [0.05, 0.1) is 12.4 Å². The first-order chi connectivity index (χ1) is 8.35. The average molecular weight is 250 g/mol. The van der Waals surface area contributed by atoms with Crippen LogP contribution in [0.2, 0.25) is 0 Å². The number of aromatic amines is 1. The number of rotatable bonds is 5. The van der Waals surface area contributed by atoms with E-state index < -0.39 is 0 Å². The fourth-order valence-corrected chi connectivity index (χ4v) is 2.46. The molecule has 17 heavy (non-hydrogen) atoms. The molecule has 6 heteroatoms. The molecule has 2 aromatic rings. The summed E-state index contributed by atoms with van der Waals surface area (Å²) in [6, 6.07) is 7.86. The van der Waals surface area contributed by atoms with Crippen molar-refractivity contribution in [1.82, 2.24) is 15.2 Å². The highest BCUT2D eigenvalue weighted by atomic mass is 32.2. The van der Waals surface area contributed by atoms with Crippen LogP contribution in [0.15, 0.2) is 35.7 Å². The summed E-state index contributed by atoms with van der Waals surface area (Å²) in [6.07, 6.45) is 1.48.